The third-order valence-electron chi connectivity index (χ3n) is 4.10. The van der Waals surface area contributed by atoms with Gasteiger partial charge in [-0.05, 0) is 14.1 Å². The molecule has 0 aliphatic carbocycles. The first-order chi connectivity index (χ1) is 9.97. The van der Waals surface area contributed by atoms with E-state index >= 15 is 0 Å². The van der Waals surface area contributed by atoms with Crippen LogP contribution in [0, 0.1) is 0 Å². The highest BCUT2D eigenvalue weighted by molar-refractivity contribution is 5.77. The molecule has 2 rings (SSSR count). The number of hydrogen-bond acceptors (Lipinski definition) is 5. The maximum atomic E-state index is 12.1. The van der Waals surface area contributed by atoms with Gasteiger partial charge in [0.1, 0.15) is 0 Å². The van der Waals surface area contributed by atoms with Crippen LogP contribution in [0.2, 0.25) is 0 Å². The molecular formula is C13H24N4O4. The van der Waals surface area contributed by atoms with E-state index in [9.17, 15) is 9.59 Å². The smallest absolute Gasteiger partial charge is 0.334 e. The van der Waals surface area contributed by atoms with E-state index in [0.29, 0.717) is 13.1 Å². The molecule has 0 aromatic rings. The van der Waals surface area contributed by atoms with Gasteiger partial charge in [-0.3, -0.25) is 4.90 Å². The Hall–Kier alpha value is -1.38. The summed E-state index contributed by atoms with van der Waals surface area (Å²) in [4.78, 5) is 29.0. The third kappa shape index (κ3) is 4.29. The van der Waals surface area contributed by atoms with Crippen molar-refractivity contribution in [1.29, 1.82) is 0 Å². The number of piperazine rings is 1. The standard InChI is InChI=1S/C13H24N4O4/c1-15-3-4-16(2)10(8-15)7-14-13(20)17-5-6-21-11(9-17)12(18)19/h10-11H,3-9H2,1-2H3,(H,14,20)(H,18,19). The van der Waals surface area contributed by atoms with Gasteiger partial charge in [0.15, 0.2) is 6.10 Å². The predicted molar refractivity (Wildman–Crippen MR) is 76.3 cm³/mol. The molecule has 2 N–H and O–H groups in total. The maximum absolute atomic E-state index is 12.1. The van der Waals surface area contributed by atoms with E-state index in [4.69, 9.17) is 9.84 Å². The second-order valence-electron chi connectivity index (χ2n) is 5.73. The molecule has 0 radical (unpaired) electrons. The van der Waals surface area contributed by atoms with Gasteiger partial charge >= 0.3 is 12.0 Å². The molecule has 2 unspecified atom stereocenters. The fourth-order valence-electron chi connectivity index (χ4n) is 2.62. The average Bonchev–Trinajstić information content (AvgIpc) is 2.48. The molecule has 21 heavy (non-hydrogen) atoms. The molecular weight excluding hydrogens is 276 g/mol. The largest absolute Gasteiger partial charge is 0.479 e. The van der Waals surface area contributed by atoms with Crippen LogP contribution in [0.5, 0.6) is 0 Å². The third-order valence-corrected chi connectivity index (χ3v) is 4.10. The summed E-state index contributed by atoms with van der Waals surface area (Å²) in [6.45, 7) is 4.28. The first-order valence-electron chi connectivity index (χ1n) is 7.23. The zero-order chi connectivity index (χ0) is 15.4. The quantitative estimate of drug-likeness (QED) is 0.676. The lowest BCUT2D eigenvalue weighted by atomic mass is 10.2. The molecule has 0 saturated carbocycles. The zero-order valence-corrected chi connectivity index (χ0v) is 12.6. The molecule has 8 heteroatoms. The lowest BCUT2D eigenvalue weighted by Crippen LogP contribution is -2.57. The van der Waals surface area contributed by atoms with Crippen molar-refractivity contribution in [2.75, 3.05) is 60.0 Å². The van der Waals surface area contributed by atoms with Crippen molar-refractivity contribution in [1.82, 2.24) is 20.0 Å². The van der Waals surface area contributed by atoms with Gasteiger partial charge in [-0.2, -0.15) is 0 Å². The second kappa shape index (κ2) is 7.06. The van der Waals surface area contributed by atoms with Crippen molar-refractivity contribution in [2.45, 2.75) is 12.1 Å². The summed E-state index contributed by atoms with van der Waals surface area (Å²) in [7, 11) is 4.13. The molecule has 0 bridgehead atoms. The number of morpholine rings is 1. The fourth-order valence-corrected chi connectivity index (χ4v) is 2.62. The number of ether oxygens (including phenoxy) is 1. The number of carbonyl (C=O) groups excluding carboxylic acids is 1. The van der Waals surface area contributed by atoms with Crippen molar-refractivity contribution in [2.24, 2.45) is 0 Å². The van der Waals surface area contributed by atoms with Gasteiger partial charge in [0.2, 0.25) is 0 Å². The zero-order valence-electron chi connectivity index (χ0n) is 12.6. The van der Waals surface area contributed by atoms with Crippen molar-refractivity contribution in [3.05, 3.63) is 0 Å². The average molecular weight is 300 g/mol. The number of nitrogens with one attached hydrogen (secondary N) is 1. The molecule has 120 valence electrons. The topological polar surface area (TPSA) is 85.4 Å². The summed E-state index contributed by atoms with van der Waals surface area (Å²) in [6, 6.07) is 0.0650. The Balaban J connectivity index is 1.79. The van der Waals surface area contributed by atoms with Gasteiger partial charge in [-0.25, -0.2) is 9.59 Å². The molecule has 2 aliphatic heterocycles. The lowest BCUT2D eigenvalue weighted by Gasteiger charge is -2.38. The summed E-state index contributed by atoms with van der Waals surface area (Å²) >= 11 is 0. The number of hydrogen-bond donors (Lipinski definition) is 2. The fraction of sp³-hybridized carbons (Fsp3) is 0.846. The monoisotopic (exact) mass is 300 g/mol. The molecule has 0 aromatic heterocycles. The normalized spacial score (nSPS) is 28.4. The summed E-state index contributed by atoms with van der Waals surface area (Å²) in [5, 5.41) is 11.8. The van der Waals surface area contributed by atoms with E-state index in [1.54, 1.807) is 0 Å². The van der Waals surface area contributed by atoms with Gasteiger partial charge < -0.3 is 25.0 Å². The van der Waals surface area contributed by atoms with Crippen molar-refractivity contribution in [3.63, 3.8) is 0 Å². The first kappa shape index (κ1) is 16.0. The second-order valence-corrected chi connectivity index (χ2v) is 5.73. The van der Waals surface area contributed by atoms with Crippen molar-refractivity contribution < 1.29 is 19.4 Å². The SMILES string of the molecule is CN1CCN(C)C(CNC(=O)N2CCOC(C(=O)O)C2)C1. The lowest BCUT2D eigenvalue weighted by molar-refractivity contribution is -0.154. The van der Waals surface area contributed by atoms with Crippen LogP contribution in [0.25, 0.3) is 0 Å². The molecule has 2 saturated heterocycles. The van der Waals surface area contributed by atoms with E-state index in [2.05, 4.69) is 29.2 Å². The Labute approximate surface area is 124 Å². The number of urea groups is 1. The Morgan fingerprint density at radius 3 is 2.71 bits per heavy atom. The van der Waals surface area contributed by atoms with Gasteiger partial charge in [0.05, 0.1) is 13.2 Å². The van der Waals surface area contributed by atoms with Gasteiger partial charge in [0, 0.05) is 38.8 Å². The number of carbonyl (C=O) groups is 2. The molecule has 0 aromatic carbocycles. The number of amides is 2. The van der Waals surface area contributed by atoms with Crippen LogP contribution in [-0.4, -0.2) is 104 Å². The minimum Gasteiger partial charge on any atom is -0.479 e. The number of nitrogens with zero attached hydrogens (tertiary/aromatic N) is 3. The van der Waals surface area contributed by atoms with Crippen LogP contribution < -0.4 is 5.32 Å². The van der Waals surface area contributed by atoms with Crippen molar-refractivity contribution >= 4 is 12.0 Å². The number of carboxylic acids is 1. The van der Waals surface area contributed by atoms with Crippen LogP contribution >= 0.6 is 0 Å². The van der Waals surface area contributed by atoms with Crippen LogP contribution in [0.1, 0.15) is 0 Å². The van der Waals surface area contributed by atoms with Gasteiger partial charge in [-0.15, -0.1) is 0 Å². The molecule has 0 spiro atoms. The van der Waals surface area contributed by atoms with Crippen LogP contribution in [0.3, 0.4) is 0 Å². The molecule has 2 atom stereocenters. The summed E-state index contributed by atoms with van der Waals surface area (Å²) in [5.74, 6) is -1.03. The summed E-state index contributed by atoms with van der Waals surface area (Å²) in [5.41, 5.74) is 0. The van der Waals surface area contributed by atoms with Crippen LogP contribution in [-0.2, 0) is 9.53 Å². The van der Waals surface area contributed by atoms with Gasteiger partial charge in [0.25, 0.3) is 0 Å². The van der Waals surface area contributed by atoms with E-state index in [-0.39, 0.29) is 25.2 Å². The number of carboxylic acid groups (broad SMARTS) is 1. The minimum atomic E-state index is -1.03. The molecule has 2 aliphatic rings. The highest BCUT2D eigenvalue weighted by Crippen LogP contribution is 2.07. The Morgan fingerprint density at radius 2 is 2.00 bits per heavy atom. The van der Waals surface area contributed by atoms with Gasteiger partial charge in [-0.1, -0.05) is 0 Å². The first-order valence-corrected chi connectivity index (χ1v) is 7.23. The predicted octanol–water partition coefficient (Wildman–Crippen LogP) is -1.27. The summed E-state index contributed by atoms with van der Waals surface area (Å²) in [6.07, 6.45) is -0.923. The minimum absolute atomic E-state index is 0.0988. The van der Waals surface area contributed by atoms with E-state index in [1.165, 1.54) is 4.90 Å². The Bertz CT molecular complexity index is 392. The highest BCUT2D eigenvalue weighted by atomic mass is 16.5. The number of aliphatic carboxylic acids is 1. The molecule has 2 amide bonds. The molecule has 8 nitrogen and oxygen atoms in total. The Morgan fingerprint density at radius 1 is 1.24 bits per heavy atom. The molecule has 2 heterocycles. The maximum Gasteiger partial charge on any atom is 0.334 e. The van der Waals surface area contributed by atoms with Crippen molar-refractivity contribution in [3.8, 4) is 0 Å². The number of rotatable bonds is 3. The molecule has 2 fully saturated rings. The van der Waals surface area contributed by atoms with E-state index < -0.39 is 12.1 Å². The van der Waals surface area contributed by atoms with E-state index in [0.717, 1.165) is 19.6 Å². The summed E-state index contributed by atoms with van der Waals surface area (Å²) < 4.78 is 5.11. The Kier molecular flexibility index (Phi) is 5.38. The van der Waals surface area contributed by atoms with E-state index in [1.807, 2.05) is 0 Å². The van der Waals surface area contributed by atoms with Crippen LogP contribution in [0.15, 0.2) is 0 Å². The number of likely N-dealkylation sites (N-methyl/N-ethyl adjacent to an activating group) is 2. The van der Waals surface area contributed by atoms with Crippen LogP contribution in [0.4, 0.5) is 4.79 Å². The highest BCUT2D eigenvalue weighted by Gasteiger charge is 2.29.